The molecule has 8 heteroatoms. The first-order valence-corrected chi connectivity index (χ1v) is 10.5. The number of nitrogens with one attached hydrogen (secondary N) is 1. The number of imidazole rings is 2. The number of pyridine rings is 1. The van der Waals surface area contributed by atoms with E-state index >= 15 is 0 Å². The maximum absolute atomic E-state index is 13.7. The van der Waals surface area contributed by atoms with Crippen LogP contribution < -0.4 is 5.32 Å². The maximum atomic E-state index is 13.7. The van der Waals surface area contributed by atoms with E-state index in [1.165, 1.54) is 6.07 Å². The molecule has 3 aromatic heterocycles. The number of benzene rings is 1. The van der Waals surface area contributed by atoms with Crippen LogP contribution >= 0.6 is 0 Å². The average molecular weight is 421 g/mol. The maximum Gasteiger partial charge on any atom is 0.227 e. The normalized spacial score (nSPS) is 25.6. The SMILES string of the molecule is CC(C(=O)Nc1ccc2nccn2c1)C1[C@H]2CC(n3cnc4cc(F)c(F)cc43)C[C@@H]12. The lowest BCUT2D eigenvalue weighted by molar-refractivity contribution is -0.120. The number of carbonyl (C=O) groups excluding carboxylic acids is 1. The van der Waals surface area contributed by atoms with Gasteiger partial charge in [0, 0.05) is 42.7 Å². The Bertz CT molecular complexity index is 1320. The molecule has 2 fully saturated rings. The zero-order chi connectivity index (χ0) is 21.3. The highest BCUT2D eigenvalue weighted by Gasteiger charge is 2.59. The van der Waals surface area contributed by atoms with Gasteiger partial charge in [-0.25, -0.2) is 18.7 Å². The van der Waals surface area contributed by atoms with Crippen LogP contribution in [0.1, 0.15) is 25.8 Å². The van der Waals surface area contributed by atoms with Crippen molar-refractivity contribution < 1.29 is 13.6 Å². The van der Waals surface area contributed by atoms with Gasteiger partial charge in [-0.2, -0.15) is 0 Å². The summed E-state index contributed by atoms with van der Waals surface area (Å²) in [5, 5.41) is 3.03. The molecular weight excluding hydrogens is 400 g/mol. The number of amides is 1. The topological polar surface area (TPSA) is 64.2 Å². The van der Waals surface area contributed by atoms with Crippen LogP contribution in [0.3, 0.4) is 0 Å². The van der Waals surface area contributed by atoms with E-state index in [0.717, 1.165) is 30.2 Å². The van der Waals surface area contributed by atoms with Crippen molar-refractivity contribution in [3.8, 4) is 0 Å². The second-order valence-corrected chi connectivity index (χ2v) is 8.83. The summed E-state index contributed by atoms with van der Waals surface area (Å²) in [7, 11) is 0. The largest absolute Gasteiger partial charge is 0.327 e. The summed E-state index contributed by atoms with van der Waals surface area (Å²) < 4.78 is 31.0. The lowest BCUT2D eigenvalue weighted by Gasteiger charge is -2.20. The Morgan fingerprint density at radius 1 is 1.16 bits per heavy atom. The minimum Gasteiger partial charge on any atom is -0.327 e. The Balaban J connectivity index is 1.13. The van der Waals surface area contributed by atoms with Gasteiger partial charge in [0.25, 0.3) is 0 Å². The zero-order valence-corrected chi connectivity index (χ0v) is 16.9. The van der Waals surface area contributed by atoms with E-state index in [1.54, 1.807) is 12.5 Å². The smallest absolute Gasteiger partial charge is 0.227 e. The molecule has 1 aromatic carbocycles. The fourth-order valence-corrected chi connectivity index (χ4v) is 5.57. The molecule has 158 valence electrons. The first kappa shape index (κ1) is 18.5. The van der Waals surface area contributed by atoms with E-state index in [0.29, 0.717) is 28.8 Å². The molecule has 3 heterocycles. The number of halogens is 2. The lowest BCUT2D eigenvalue weighted by Crippen LogP contribution is -2.24. The number of nitrogens with zero attached hydrogens (tertiary/aromatic N) is 4. The minimum atomic E-state index is -0.876. The summed E-state index contributed by atoms with van der Waals surface area (Å²) in [6.45, 7) is 1.99. The highest BCUT2D eigenvalue weighted by molar-refractivity contribution is 5.92. The van der Waals surface area contributed by atoms with Crippen LogP contribution in [0.5, 0.6) is 0 Å². The van der Waals surface area contributed by atoms with E-state index in [1.807, 2.05) is 40.4 Å². The highest BCUT2D eigenvalue weighted by Crippen LogP contribution is 2.64. The molecule has 6 nitrogen and oxygen atoms in total. The van der Waals surface area contributed by atoms with Crippen LogP contribution in [0.4, 0.5) is 14.5 Å². The van der Waals surface area contributed by atoms with Gasteiger partial charge in [-0.1, -0.05) is 6.92 Å². The van der Waals surface area contributed by atoms with E-state index in [4.69, 9.17) is 0 Å². The molecule has 2 aliphatic carbocycles. The second kappa shape index (κ2) is 6.60. The number of anilines is 1. The van der Waals surface area contributed by atoms with Crippen molar-refractivity contribution in [2.45, 2.75) is 25.8 Å². The highest BCUT2D eigenvalue weighted by atomic mass is 19.2. The summed E-state index contributed by atoms with van der Waals surface area (Å²) in [6, 6.07) is 6.32. The third-order valence-corrected chi connectivity index (χ3v) is 7.14. The van der Waals surface area contributed by atoms with Gasteiger partial charge in [0.1, 0.15) is 5.65 Å². The molecule has 2 saturated carbocycles. The Kier molecular flexibility index (Phi) is 3.94. The zero-order valence-electron chi connectivity index (χ0n) is 16.9. The Morgan fingerprint density at radius 3 is 2.74 bits per heavy atom. The molecule has 2 aliphatic rings. The van der Waals surface area contributed by atoms with Crippen LogP contribution in [0.25, 0.3) is 16.7 Å². The summed E-state index contributed by atoms with van der Waals surface area (Å²) in [6.07, 6.45) is 8.97. The van der Waals surface area contributed by atoms with Crippen molar-refractivity contribution >= 4 is 28.3 Å². The standard InChI is InChI=1S/C23H21F2N5O/c1-12(23(31)28-13-2-3-21-26-4-5-29(21)10-13)22-15-6-14(7-16(15)22)30-11-27-19-8-17(24)18(25)9-20(19)30/h2-5,8-12,14-16,22H,6-7H2,1H3,(H,28,31)/t12?,14?,15-,16+,22?. The van der Waals surface area contributed by atoms with E-state index in [-0.39, 0.29) is 17.9 Å². The number of fused-ring (bicyclic) bond motifs is 3. The predicted octanol–water partition coefficient (Wildman–Crippen LogP) is 4.43. The van der Waals surface area contributed by atoms with Gasteiger partial charge < -0.3 is 14.3 Å². The fourth-order valence-electron chi connectivity index (χ4n) is 5.57. The van der Waals surface area contributed by atoms with Crippen LogP contribution in [0.2, 0.25) is 0 Å². The Morgan fingerprint density at radius 2 is 1.94 bits per heavy atom. The molecule has 0 radical (unpaired) electrons. The minimum absolute atomic E-state index is 0.0287. The van der Waals surface area contributed by atoms with Crippen LogP contribution in [0.15, 0.2) is 49.2 Å². The number of hydrogen-bond donors (Lipinski definition) is 1. The summed E-state index contributed by atoms with van der Waals surface area (Å²) in [4.78, 5) is 21.3. The number of aromatic nitrogens is 4. The quantitative estimate of drug-likeness (QED) is 0.530. The van der Waals surface area contributed by atoms with Gasteiger partial charge in [-0.3, -0.25) is 4.79 Å². The molecule has 1 amide bonds. The molecule has 0 spiro atoms. The molecule has 1 N–H and O–H groups in total. The molecule has 0 bridgehead atoms. The monoisotopic (exact) mass is 421 g/mol. The van der Waals surface area contributed by atoms with Crippen molar-refractivity contribution in [2.75, 3.05) is 5.32 Å². The number of hydrogen-bond acceptors (Lipinski definition) is 3. The third-order valence-electron chi connectivity index (χ3n) is 7.14. The van der Waals surface area contributed by atoms with Crippen LogP contribution in [-0.2, 0) is 4.79 Å². The van der Waals surface area contributed by atoms with Gasteiger partial charge in [0.15, 0.2) is 11.6 Å². The third kappa shape index (κ3) is 2.92. The fraction of sp³-hybridized carbons (Fsp3) is 0.348. The van der Waals surface area contributed by atoms with Crippen LogP contribution in [0, 0.1) is 35.3 Å². The van der Waals surface area contributed by atoms with Crippen molar-refractivity contribution in [2.24, 2.45) is 23.7 Å². The number of carbonyl (C=O) groups is 1. The summed E-state index contributed by atoms with van der Waals surface area (Å²) in [5.74, 6) is -0.471. The van der Waals surface area contributed by atoms with E-state index < -0.39 is 11.6 Å². The first-order chi connectivity index (χ1) is 15.0. The average Bonchev–Trinajstić information content (AvgIpc) is 3.18. The summed E-state index contributed by atoms with van der Waals surface area (Å²) >= 11 is 0. The molecule has 0 aliphatic heterocycles. The van der Waals surface area contributed by atoms with Gasteiger partial charge in [-0.05, 0) is 42.7 Å². The Hall–Kier alpha value is -3.29. The lowest BCUT2D eigenvalue weighted by atomic mass is 9.96. The number of rotatable bonds is 4. The van der Waals surface area contributed by atoms with Gasteiger partial charge >= 0.3 is 0 Å². The van der Waals surface area contributed by atoms with E-state index in [9.17, 15) is 13.6 Å². The van der Waals surface area contributed by atoms with Crippen LogP contribution in [-0.4, -0.2) is 24.8 Å². The molecular formula is C23H21F2N5O. The first-order valence-electron chi connectivity index (χ1n) is 10.5. The molecule has 6 rings (SSSR count). The molecule has 5 atom stereocenters. The van der Waals surface area contributed by atoms with Crippen molar-refractivity contribution in [1.82, 2.24) is 18.9 Å². The Labute approximate surface area is 176 Å². The second-order valence-electron chi connectivity index (χ2n) is 8.83. The van der Waals surface area contributed by atoms with Crippen molar-refractivity contribution in [3.05, 3.63) is 60.8 Å². The molecule has 0 saturated heterocycles. The summed E-state index contributed by atoms with van der Waals surface area (Å²) in [5.41, 5.74) is 2.69. The molecule has 4 aromatic rings. The predicted molar refractivity (Wildman–Crippen MR) is 111 cm³/mol. The van der Waals surface area contributed by atoms with Gasteiger partial charge in [0.05, 0.1) is 23.0 Å². The molecule has 31 heavy (non-hydrogen) atoms. The van der Waals surface area contributed by atoms with E-state index in [2.05, 4.69) is 15.3 Å². The van der Waals surface area contributed by atoms with Gasteiger partial charge in [0.2, 0.25) is 5.91 Å². The molecule has 3 unspecified atom stereocenters. The van der Waals surface area contributed by atoms with Crippen molar-refractivity contribution in [1.29, 1.82) is 0 Å². The van der Waals surface area contributed by atoms with Gasteiger partial charge in [-0.15, -0.1) is 0 Å². The van der Waals surface area contributed by atoms with Crippen molar-refractivity contribution in [3.63, 3.8) is 0 Å².